The van der Waals surface area contributed by atoms with Gasteiger partial charge in [0.25, 0.3) is 11.5 Å². The minimum Gasteiger partial charge on any atom is -0.368 e. The summed E-state index contributed by atoms with van der Waals surface area (Å²) in [7, 11) is 0. The summed E-state index contributed by atoms with van der Waals surface area (Å²) in [6.07, 6.45) is 1.99. The first kappa shape index (κ1) is 23.5. The summed E-state index contributed by atoms with van der Waals surface area (Å²) >= 11 is 5.94. The van der Waals surface area contributed by atoms with Gasteiger partial charge in [0.1, 0.15) is 5.65 Å². The molecule has 0 atom stereocenters. The molecule has 1 saturated heterocycles. The van der Waals surface area contributed by atoms with E-state index in [2.05, 4.69) is 20.2 Å². The highest BCUT2D eigenvalue weighted by molar-refractivity contribution is 6.30. The Balaban J connectivity index is 1.37. The molecule has 3 aromatic rings. The van der Waals surface area contributed by atoms with Gasteiger partial charge in [0.05, 0.1) is 17.5 Å². The van der Waals surface area contributed by atoms with Crippen LogP contribution in [0.3, 0.4) is 0 Å². The Labute approximate surface area is 200 Å². The molecule has 10 nitrogen and oxygen atoms in total. The minimum atomic E-state index is -0.607. The lowest BCUT2D eigenvalue weighted by Gasteiger charge is -2.36. The number of fused-ring (bicyclic) bond motifs is 1. The molecule has 0 saturated carbocycles. The molecule has 0 unspecified atom stereocenters. The van der Waals surface area contributed by atoms with Crippen molar-refractivity contribution in [1.29, 1.82) is 0 Å². The number of aromatic amines is 1. The van der Waals surface area contributed by atoms with Crippen molar-refractivity contribution in [3.63, 3.8) is 0 Å². The van der Waals surface area contributed by atoms with Gasteiger partial charge in [-0.25, -0.2) is 9.78 Å². The van der Waals surface area contributed by atoms with Gasteiger partial charge in [-0.05, 0) is 36.8 Å². The number of rotatable bonds is 6. The van der Waals surface area contributed by atoms with Crippen LogP contribution in [0, 0.1) is 0 Å². The standard InChI is InChI=1S/C23H25ClN6O4/c1-2-7-30-20-18(22(33)27-23(30)34)12-15(13-25-20)21(32)26-14-19(31)29-10-8-28(9-11-29)17-5-3-16(24)4-6-17/h3-6,12-13H,2,7-11,14H2,1H3,(H,26,32)(H,27,33,34). The zero-order valence-electron chi connectivity index (χ0n) is 18.7. The molecule has 0 aliphatic carbocycles. The smallest absolute Gasteiger partial charge is 0.329 e. The van der Waals surface area contributed by atoms with Gasteiger partial charge < -0.3 is 15.1 Å². The number of carbonyl (C=O) groups is 2. The summed E-state index contributed by atoms with van der Waals surface area (Å²) in [5.74, 6) is -0.706. The van der Waals surface area contributed by atoms with E-state index in [0.717, 1.165) is 5.69 Å². The molecule has 1 fully saturated rings. The van der Waals surface area contributed by atoms with Crippen LogP contribution in [0.5, 0.6) is 0 Å². The van der Waals surface area contributed by atoms with Crippen LogP contribution < -0.4 is 21.5 Å². The maximum atomic E-state index is 12.6. The lowest BCUT2D eigenvalue weighted by molar-refractivity contribution is -0.130. The molecule has 1 aromatic carbocycles. The molecule has 34 heavy (non-hydrogen) atoms. The number of carbonyl (C=O) groups excluding carboxylic acids is 2. The lowest BCUT2D eigenvalue weighted by Crippen LogP contribution is -2.51. The van der Waals surface area contributed by atoms with E-state index in [-0.39, 0.29) is 29.0 Å². The van der Waals surface area contributed by atoms with Gasteiger partial charge in [-0.2, -0.15) is 0 Å². The van der Waals surface area contributed by atoms with E-state index in [1.54, 1.807) is 4.90 Å². The molecule has 2 amide bonds. The van der Waals surface area contributed by atoms with E-state index in [0.29, 0.717) is 44.2 Å². The summed E-state index contributed by atoms with van der Waals surface area (Å²) < 4.78 is 1.37. The van der Waals surface area contributed by atoms with Crippen LogP contribution >= 0.6 is 11.6 Å². The average Bonchev–Trinajstić information content (AvgIpc) is 2.85. The summed E-state index contributed by atoms with van der Waals surface area (Å²) in [6.45, 7) is 4.57. The number of hydrogen-bond donors (Lipinski definition) is 2. The second-order valence-corrected chi connectivity index (χ2v) is 8.47. The summed E-state index contributed by atoms with van der Waals surface area (Å²) in [5, 5.41) is 3.42. The van der Waals surface area contributed by atoms with Crippen LogP contribution in [-0.2, 0) is 11.3 Å². The van der Waals surface area contributed by atoms with E-state index in [9.17, 15) is 19.2 Å². The first-order chi connectivity index (χ1) is 16.4. The predicted molar refractivity (Wildman–Crippen MR) is 129 cm³/mol. The number of nitrogens with one attached hydrogen (secondary N) is 2. The number of aromatic nitrogens is 3. The zero-order valence-corrected chi connectivity index (χ0v) is 19.5. The van der Waals surface area contributed by atoms with Crippen LogP contribution in [0.15, 0.2) is 46.1 Å². The predicted octanol–water partition coefficient (Wildman–Crippen LogP) is 1.23. The van der Waals surface area contributed by atoms with E-state index >= 15 is 0 Å². The third-order valence-corrected chi connectivity index (χ3v) is 6.02. The molecule has 2 aromatic heterocycles. The number of piperazine rings is 1. The normalized spacial score (nSPS) is 13.8. The number of benzene rings is 1. The summed E-state index contributed by atoms with van der Waals surface area (Å²) in [5.41, 5.74) is 0.268. The van der Waals surface area contributed by atoms with Gasteiger partial charge in [0.2, 0.25) is 5.91 Å². The largest absolute Gasteiger partial charge is 0.368 e. The fourth-order valence-corrected chi connectivity index (χ4v) is 4.08. The third-order valence-electron chi connectivity index (χ3n) is 5.77. The SMILES string of the molecule is CCCn1c(=O)[nH]c(=O)c2cc(C(=O)NCC(=O)N3CCN(c4ccc(Cl)cc4)CC3)cnc21. The van der Waals surface area contributed by atoms with E-state index in [4.69, 9.17) is 11.6 Å². The molecule has 1 aliphatic heterocycles. The highest BCUT2D eigenvalue weighted by atomic mass is 35.5. The maximum Gasteiger partial charge on any atom is 0.329 e. The van der Waals surface area contributed by atoms with Crippen LogP contribution in [0.2, 0.25) is 5.02 Å². The molecule has 2 N–H and O–H groups in total. The third kappa shape index (κ3) is 4.96. The van der Waals surface area contributed by atoms with E-state index in [1.165, 1.54) is 16.8 Å². The number of H-pyrrole nitrogens is 1. The molecular weight excluding hydrogens is 460 g/mol. The van der Waals surface area contributed by atoms with Crippen molar-refractivity contribution in [2.75, 3.05) is 37.6 Å². The Morgan fingerprint density at radius 1 is 1.12 bits per heavy atom. The number of halogens is 1. The number of pyridine rings is 1. The highest BCUT2D eigenvalue weighted by Crippen LogP contribution is 2.19. The average molecular weight is 485 g/mol. The van der Waals surface area contributed by atoms with E-state index < -0.39 is 17.2 Å². The monoisotopic (exact) mass is 484 g/mol. The molecule has 11 heteroatoms. The molecule has 178 valence electrons. The van der Waals surface area contributed by atoms with Crippen molar-refractivity contribution in [2.45, 2.75) is 19.9 Å². The van der Waals surface area contributed by atoms with Gasteiger partial charge in [-0.15, -0.1) is 0 Å². The second kappa shape index (κ2) is 10.1. The fourth-order valence-electron chi connectivity index (χ4n) is 3.96. The van der Waals surface area contributed by atoms with Crippen molar-refractivity contribution in [3.05, 3.63) is 68.0 Å². The Hall–Kier alpha value is -3.66. The quantitative estimate of drug-likeness (QED) is 0.543. The maximum absolute atomic E-state index is 12.6. The molecule has 4 rings (SSSR count). The molecular formula is C23H25ClN6O4. The Kier molecular flexibility index (Phi) is 6.97. The minimum absolute atomic E-state index is 0.139. The van der Waals surface area contributed by atoms with Crippen molar-refractivity contribution in [2.24, 2.45) is 0 Å². The Morgan fingerprint density at radius 3 is 2.50 bits per heavy atom. The Bertz CT molecular complexity index is 1330. The van der Waals surface area contributed by atoms with Gasteiger partial charge in [0.15, 0.2) is 0 Å². The molecule has 3 heterocycles. The lowest BCUT2D eigenvalue weighted by atomic mass is 10.2. The van der Waals surface area contributed by atoms with Gasteiger partial charge in [-0.1, -0.05) is 18.5 Å². The van der Waals surface area contributed by atoms with Crippen molar-refractivity contribution in [3.8, 4) is 0 Å². The number of hydrogen-bond acceptors (Lipinski definition) is 6. The first-order valence-electron chi connectivity index (χ1n) is 11.1. The molecule has 0 spiro atoms. The Morgan fingerprint density at radius 2 is 1.82 bits per heavy atom. The van der Waals surface area contributed by atoms with Gasteiger partial charge in [-0.3, -0.25) is 23.9 Å². The van der Waals surface area contributed by atoms with Crippen LogP contribution in [0.1, 0.15) is 23.7 Å². The molecule has 1 aliphatic rings. The van der Waals surface area contributed by atoms with Crippen molar-refractivity contribution < 1.29 is 9.59 Å². The summed E-state index contributed by atoms with van der Waals surface area (Å²) in [6, 6.07) is 8.96. The molecule has 0 radical (unpaired) electrons. The zero-order chi connectivity index (χ0) is 24.2. The second-order valence-electron chi connectivity index (χ2n) is 8.03. The highest BCUT2D eigenvalue weighted by Gasteiger charge is 2.22. The number of nitrogens with zero attached hydrogens (tertiary/aromatic N) is 4. The molecule has 0 bridgehead atoms. The topological polar surface area (TPSA) is 120 Å². The number of anilines is 1. The van der Waals surface area contributed by atoms with Crippen molar-refractivity contribution >= 4 is 40.1 Å². The van der Waals surface area contributed by atoms with Crippen LogP contribution in [0.4, 0.5) is 5.69 Å². The van der Waals surface area contributed by atoms with Gasteiger partial charge in [0, 0.05) is 49.6 Å². The number of aryl methyl sites for hydroxylation is 1. The van der Waals surface area contributed by atoms with Crippen LogP contribution in [0.25, 0.3) is 11.0 Å². The fraction of sp³-hybridized carbons (Fsp3) is 0.348. The summed E-state index contributed by atoms with van der Waals surface area (Å²) in [4.78, 5) is 59.8. The van der Waals surface area contributed by atoms with Crippen molar-refractivity contribution in [1.82, 2.24) is 24.8 Å². The van der Waals surface area contributed by atoms with Crippen LogP contribution in [-0.4, -0.2) is 64.0 Å². The van der Waals surface area contributed by atoms with Gasteiger partial charge >= 0.3 is 5.69 Å². The first-order valence-corrected chi connectivity index (χ1v) is 11.4. The number of amides is 2. The van der Waals surface area contributed by atoms with E-state index in [1.807, 2.05) is 31.2 Å².